The fourth-order valence-corrected chi connectivity index (χ4v) is 3.96. The number of benzene rings is 1. The highest BCUT2D eigenvalue weighted by molar-refractivity contribution is 14.0. The third-order valence-corrected chi connectivity index (χ3v) is 5.47. The van der Waals surface area contributed by atoms with Crippen LogP contribution >= 0.6 is 24.0 Å². The Labute approximate surface area is 200 Å². The van der Waals surface area contributed by atoms with Gasteiger partial charge in [0, 0.05) is 52.4 Å². The quantitative estimate of drug-likeness (QED) is 0.294. The first kappa shape index (κ1) is 25.9. The largest absolute Gasteiger partial charge is 0.433 e. The molecule has 1 aromatic rings. The molecule has 0 saturated carbocycles. The van der Waals surface area contributed by atoms with Crippen LogP contribution in [0.5, 0.6) is 5.75 Å². The molecule has 2 unspecified atom stereocenters. The molecule has 2 aliphatic heterocycles. The van der Waals surface area contributed by atoms with Gasteiger partial charge < -0.3 is 25.0 Å². The van der Waals surface area contributed by atoms with Crippen LogP contribution in [-0.2, 0) is 4.74 Å². The lowest BCUT2D eigenvalue weighted by Gasteiger charge is -2.29. The van der Waals surface area contributed by atoms with Crippen molar-refractivity contribution >= 4 is 35.6 Å². The molecule has 0 spiro atoms. The summed E-state index contributed by atoms with van der Waals surface area (Å²) < 4.78 is 35.5. The number of alkyl halides is 2. The van der Waals surface area contributed by atoms with Crippen LogP contribution in [0.1, 0.15) is 13.3 Å². The van der Waals surface area contributed by atoms with Gasteiger partial charge in [0.15, 0.2) is 5.96 Å². The normalized spacial score (nSPS) is 21.0. The zero-order valence-electron chi connectivity index (χ0n) is 18.2. The Morgan fingerprint density at radius 3 is 2.71 bits per heavy atom. The van der Waals surface area contributed by atoms with Gasteiger partial charge in [0.25, 0.3) is 0 Å². The molecule has 7 nitrogen and oxygen atoms in total. The van der Waals surface area contributed by atoms with E-state index in [1.807, 2.05) is 12.1 Å². The highest BCUT2D eigenvalue weighted by atomic mass is 127. The summed E-state index contributed by atoms with van der Waals surface area (Å²) in [6, 6.07) is 7.13. The van der Waals surface area contributed by atoms with E-state index in [-0.39, 0.29) is 35.8 Å². The Hall–Kier alpha value is -1.40. The topological polar surface area (TPSA) is 61.4 Å². The maximum atomic E-state index is 12.7. The lowest BCUT2D eigenvalue weighted by molar-refractivity contribution is -0.0495. The van der Waals surface area contributed by atoms with Gasteiger partial charge in [-0.3, -0.25) is 9.89 Å². The Kier molecular flexibility index (Phi) is 11.0. The summed E-state index contributed by atoms with van der Waals surface area (Å²) >= 11 is 0. The van der Waals surface area contributed by atoms with Gasteiger partial charge in [-0.25, -0.2) is 0 Å². The van der Waals surface area contributed by atoms with E-state index < -0.39 is 6.61 Å². The van der Waals surface area contributed by atoms with Crippen molar-refractivity contribution in [2.24, 2.45) is 10.9 Å². The molecule has 2 atom stereocenters. The van der Waals surface area contributed by atoms with Crippen LogP contribution in [0, 0.1) is 5.92 Å². The predicted molar refractivity (Wildman–Crippen MR) is 130 cm³/mol. The van der Waals surface area contributed by atoms with Gasteiger partial charge in [-0.2, -0.15) is 8.78 Å². The van der Waals surface area contributed by atoms with Crippen molar-refractivity contribution in [1.29, 1.82) is 0 Å². The second kappa shape index (κ2) is 13.2. The molecule has 0 aliphatic carbocycles. The van der Waals surface area contributed by atoms with E-state index in [0.717, 1.165) is 58.3 Å². The van der Waals surface area contributed by atoms with Crippen LogP contribution < -0.4 is 20.3 Å². The molecule has 1 aromatic carbocycles. The van der Waals surface area contributed by atoms with Crippen molar-refractivity contribution in [2.75, 3.05) is 64.4 Å². The molecule has 2 fully saturated rings. The van der Waals surface area contributed by atoms with Crippen LogP contribution in [0.25, 0.3) is 0 Å². The Balaban J connectivity index is 0.00000341. The standard InChI is InChI=1S/C21H33F2N5O2.HI/c1-16(14-27-9-11-29-12-10-27)13-25-21(24-2)26-17-7-8-28(15-17)18-5-3-4-6-19(18)30-20(22)23;/h3-6,16-17,20H,7-15H2,1-2H3,(H2,24,25,26);1H. The number of rotatable bonds is 8. The Morgan fingerprint density at radius 2 is 2.00 bits per heavy atom. The number of nitrogens with one attached hydrogen (secondary N) is 2. The second-order valence-electron chi connectivity index (χ2n) is 7.89. The summed E-state index contributed by atoms with van der Waals surface area (Å²) in [6.45, 7) is 6.35. The van der Waals surface area contributed by atoms with Gasteiger partial charge >= 0.3 is 6.61 Å². The number of guanidine groups is 1. The van der Waals surface area contributed by atoms with E-state index in [9.17, 15) is 8.78 Å². The minimum Gasteiger partial charge on any atom is -0.433 e. The van der Waals surface area contributed by atoms with Crippen molar-refractivity contribution in [1.82, 2.24) is 15.5 Å². The second-order valence-corrected chi connectivity index (χ2v) is 7.89. The molecule has 3 rings (SSSR count). The average Bonchev–Trinajstić information content (AvgIpc) is 3.20. The van der Waals surface area contributed by atoms with E-state index >= 15 is 0 Å². The summed E-state index contributed by atoms with van der Waals surface area (Å²) in [6.07, 6.45) is 0.896. The van der Waals surface area contributed by atoms with Gasteiger partial charge in [-0.15, -0.1) is 24.0 Å². The lowest BCUT2D eigenvalue weighted by atomic mass is 10.1. The number of morpholine rings is 1. The number of para-hydroxylation sites is 2. The van der Waals surface area contributed by atoms with Crippen LogP contribution in [0.15, 0.2) is 29.3 Å². The van der Waals surface area contributed by atoms with E-state index in [4.69, 9.17) is 4.74 Å². The van der Waals surface area contributed by atoms with E-state index in [2.05, 4.69) is 37.1 Å². The predicted octanol–water partition coefficient (Wildman–Crippen LogP) is 2.62. The van der Waals surface area contributed by atoms with Crippen molar-refractivity contribution < 1.29 is 18.3 Å². The third-order valence-electron chi connectivity index (χ3n) is 5.47. The molecule has 2 aliphatic rings. The smallest absolute Gasteiger partial charge is 0.387 e. The monoisotopic (exact) mass is 553 g/mol. The molecule has 2 saturated heterocycles. The first-order chi connectivity index (χ1) is 14.5. The molecular formula is C21H34F2IN5O2. The summed E-state index contributed by atoms with van der Waals surface area (Å²) in [5.74, 6) is 1.47. The summed E-state index contributed by atoms with van der Waals surface area (Å²) in [7, 11) is 1.76. The first-order valence-electron chi connectivity index (χ1n) is 10.6. The molecule has 0 bridgehead atoms. The highest BCUT2D eigenvalue weighted by Gasteiger charge is 2.26. The number of aliphatic imine (C=N–C) groups is 1. The van der Waals surface area contributed by atoms with E-state index in [1.54, 1.807) is 19.2 Å². The minimum absolute atomic E-state index is 0. The van der Waals surface area contributed by atoms with Crippen LogP contribution in [0.2, 0.25) is 0 Å². The first-order valence-corrected chi connectivity index (χ1v) is 10.6. The average molecular weight is 553 g/mol. The minimum atomic E-state index is -2.83. The Morgan fingerprint density at radius 1 is 1.26 bits per heavy atom. The zero-order chi connectivity index (χ0) is 21.3. The SMILES string of the molecule is CN=C(NCC(C)CN1CCOCC1)NC1CCN(c2ccccc2OC(F)F)C1.I. The van der Waals surface area contributed by atoms with E-state index in [0.29, 0.717) is 18.2 Å². The number of hydrogen-bond acceptors (Lipinski definition) is 5. The van der Waals surface area contributed by atoms with Gasteiger partial charge in [-0.05, 0) is 24.5 Å². The third kappa shape index (κ3) is 8.23. The van der Waals surface area contributed by atoms with Gasteiger partial charge in [0.1, 0.15) is 5.75 Å². The molecule has 31 heavy (non-hydrogen) atoms. The number of halogens is 3. The van der Waals surface area contributed by atoms with Gasteiger partial charge in [0.2, 0.25) is 0 Å². The number of anilines is 1. The van der Waals surface area contributed by atoms with Crippen LogP contribution in [0.3, 0.4) is 0 Å². The number of ether oxygens (including phenoxy) is 2. The van der Waals surface area contributed by atoms with Crippen LogP contribution in [0.4, 0.5) is 14.5 Å². The van der Waals surface area contributed by atoms with Crippen molar-refractivity contribution in [2.45, 2.75) is 26.0 Å². The van der Waals surface area contributed by atoms with Crippen LogP contribution in [-0.4, -0.2) is 83.0 Å². The van der Waals surface area contributed by atoms with Gasteiger partial charge in [0.05, 0.1) is 18.9 Å². The van der Waals surface area contributed by atoms with Crippen molar-refractivity contribution in [3.8, 4) is 5.75 Å². The fraction of sp³-hybridized carbons (Fsp3) is 0.667. The van der Waals surface area contributed by atoms with Crippen molar-refractivity contribution in [3.63, 3.8) is 0 Å². The molecule has 0 radical (unpaired) electrons. The summed E-state index contributed by atoms with van der Waals surface area (Å²) in [5, 5.41) is 6.88. The van der Waals surface area contributed by atoms with E-state index in [1.165, 1.54) is 0 Å². The Bertz CT molecular complexity index is 691. The molecular weight excluding hydrogens is 519 g/mol. The number of hydrogen-bond donors (Lipinski definition) is 2. The molecule has 0 aromatic heterocycles. The van der Waals surface area contributed by atoms with Gasteiger partial charge in [-0.1, -0.05) is 19.1 Å². The lowest BCUT2D eigenvalue weighted by Crippen LogP contribution is -2.47. The summed E-state index contributed by atoms with van der Waals surface area (Å²) in [4.78, 5) is 8.85. The summed E-state index contributed by atoms with van der Waals surface area (Å²) in [5.41, 5.74) is 0.698. The molecule has 10 heteroatoms. The van der Waals surface area contributed by atoms with Crippen molar-refractivity contribution in [3.05, 3.63) is 24.3 Å². The maximum Gasteiger partial charge on any atom is 0.387 e. The molecule has 0 amide bonds. The molecule has 176 valence electrons. The highest BCUT2D eigenvalue weighted by Crippen LogP contribution is 2.31. The fourth-order valence-electron chi connectivity index (χ4n) is 3.96. The number of nitrogens with zero attached hydrogens (tertiary/aromatic N) is 3. The molecule has 2 N–H and O–H groups in total. The zero-order valence-corrected chi connectivity index (χ0v) is 20.6. The molecule has 2 heterocycles. The maximum absolute atomic E-state index is 12.7.